The highest BCUT2D eigenvalue weighted by Crippen LogP contribution is 2.39. The number of esters is 2. The van der Waals surface area contributed by atoms with E-state index in [0.717, 1.165) is 22.6 Å². The number of methoxy groups -OCH3 is 2. The molecule has 8 heteroatoms. The number of Topliss-reactive ketones (excluding diaryl/α,β-unsaturated/α-hetero) is 2. The number of benzene rings is 8. The van der Waals surface area contributed by atoms with Gasteiger partial charge in [0.15, 0.2) is 11.6 Å². The van der Waals surface area contributed by atoms with E-state index in [2.05, 4.69) is 128 Å². The van der Waals surface area contributed by atoms with Gasteiger partial charge >= 0.3 is 11.9 Å². The Morgan fingerprint density at radius 3 is 0.803 bits per heavy atom. The van der Waals surface area contributed by atoms with E-state index in [4.69, 9.17) is 18.9 Å². The molecular formula is C68H68O8. The largest absolute Gasteiger partial charge is 0.497 e. The first kappa shape index (κ1) is 55.4. The van der Waals surface area contributed by atoms with Crippen LogP contribution in [-0.2, 0) is 21.7 Å². The minimum Gasteiger partial charge on any atom is -0.497 e. The van der Waals surface area contributed by atoms with Crippen LogP contribution in [0.15, 0.2) is 194 Å². The van der Waals surface area contributed by atoms with Crippen molar-refractivity contribution in [1.82, 2.24) is 0 Å². The fourth-order valence-electron chi connectivity index (χ4n) is 9.21. The zero-order chi connectivity index (χ0) is 55.0. The lowest BCUT2D eigenvalue weighted by Gasteiger charge is -2.29. The summed E-state index contributed by atoms with van der Waals surface area (Å²) >= 11 is 0. The van der Waals surface area contributed by atoms with E-state index in [1.165, 1.54) is 47.2 Å². The third-order valence-electron chi connectivity index (χ3n) is 14.9. The van der Waals surface area contributed by atoms with Gasteiger partial charge in [-0.3, -0.25) is 9.59 Å². The maximum absolute atomic E-state index is 12.6. The fraction of sp³-hybridized carbons (Fsp3) is 0.235. The number of rotatable bonds is 16. The number of hydrogen-bond acceptors (Lipinski definition) is 8. The zero-order valence-electron chi connectivity index (χ0n) is 45.7. The molecular weight excluding hydrogens is 945 g/mol. The Morgan fingerprint density at radius 1 is 0.289 bits per heavy atom. The van der Waals surface area contributed by atoms with Crippen LogP contribution >= 0.6 is 0 Å². The normalized spacial score (nSPS) is 11.6. The maximum atomic E-state index is 12.6. The maximum Gasteiger partial charge on any atom is 0.343 e. The van der Waals surface area contributed by atoms with Crippen molar-refractivity contribution in [2.75, 3.05) is 14.2 Å². The first-order valence-electron chi connectivity index (χ1n) is 25.4. The molecule has 0 aliphatic rings. The summed E-state index contributed by atoms with van der Waals surface area (Å²) in [4.78, 5) is 48.2. The lowest BCUT2D eigenvalue weighted by Crippen LogP contribution is -2.21. The van der Waals surface area contributed by atoms with Crippen molar-refractivity contribution in [2.24, 2.45) is 0 Å². The molecule has 388 valence electrons. The second-order valence-corrected chi connectivity index (χ2v) is 21.2. The highest BCUT2D eigenvalue weighted by molar-refractivity contribution is 5.98. The molecule has 76 heavy (non-hydrogen) atoms. The van der Waals surface area contributed by atoms with Crippen LogP contribution in [0.25, 0.3) is 0 Å². The van der Waals surface area contributed by atoms with E-state index >= 15 is 0 Å². The van der Waals surface area contributed by atoms with Gasteiger partial charge in [0, 0.05) is 32.8 Å². The van der Waals surface area contributed by atoms with Crippen molar-refractivity contribution in [2.45, 2.75) is 90.9 Å². The van der Waals surface area contributed by atoms with Crippen molar-refractivity contribution in [1.29, 1.82) is 0 Å². The highest BCUT2D eigenvalue weighted by Gasteiger charge is 2.29. The van der Waals surface area contributed by atoms with Crippen LogP contribution in [-0.4, -0.2) is 37.7 Å². The zero-order valence-corrected chi connectivity index (χ0v) is 45.7. The molecule has 0 fully saturated rings. The molecule has 8 rings (SSSR count). The van der Waals surface area contributed by atoms with Gasteiger partial charge in [-0.1, -0.05) is 177 Å². The van der Waals surface area contributed by atoms with Gasteiger partial charge in [0.25, 0.3) is 0 Å². The Balaban J connectivity index is 0.000000221. The van der Waals surface area contributed by atoms with E-state index in [-0.39, 0.29) is 33.2 Å². The second-order valence-electron chi connectivity index (χ2n) is 21.2. The minimum absolute atomic E-state index is 0.0429. The van der Waals surface area contributed by atoms with Gasteiger partial charge in [0.2, 0.25) is 0 Å². The Kier molecular flexibility index (Phi) is 16.8. The van der Waals surface area contributed by atoms with Crippen molar-refractivity contribution >= 4 is 23.5 Å². The monoisotopic (exact) mass is 1010 g/mol. The molecule has 0 saturated heterocycles. The molecule has 0 spiro atoms. The topological polar surface area (TPSA) is 105 Å². The molecule has 8 aromatic carbocycles. The van der Waals surface area contributed by atoms with E-state index in [1.807, 2.05) is 72.8 Å². The molecule has 0 N–H and O–H groups in total. The number of ether oxygens (including phenoxy) is 4. The van der Waals surface area contributed by atoms with Crippen molar-refractivity contribution in [3.8, 4) is 23.0 Å². The predicted octanol–water partition coefficient (Wildman–Crippen LogP) is 15.5. The van der Waals surface area contributed by atoms with Crippen LogP contribution in [0, 0.1) is 0 Å². The highest BCUT2D eigenvalue weighted by atomic mass is 16.5. The van der Waals surface area contributed by atoms with Crippen molar-refractivity contribution < 1.29 is 38.1 Å². The Morgan fingerprint density at radius 2 is 0.526 bits per heavy atom. The van der Waals surface area contributed by atoms with Crippen LogP contribution in [0.5, 0.6) is 23.0 Å². The van der Waals surface area contributed by atoms with Crippen LogP contribution in [0.3, 0.4) is 0 Å². The minimum atomic E-state index is -0.491. The van der Waals surface area contributed by atoms with E-state index in [9.17, 15) is 19.2 Å². The van der Waals surface area contributed by atoms with Gasteiger partial charge in [-0.2, -0.15) is 0 Å². The molecule has 0 amide bonds. The third kappa shape index (κ3) is 12.6. The number of hydrogen-bond donors (Lipinski definition) is 0. The predicted molar refractivity (Wildman–Crippen MR) is 303 cm³/mol. The van der Waals surface area contributed by atoms with Crippen molar-refractivity contribution in [3.63, 3.8) is 0 Å². The molecule has 0 bridgehead atoms. The number of carbonyl (C=O) groups is 4. The van der Waals surface area contributed by atoms with Gasteiger partial charge in [0.1, 0.15) is 23.0 Å². The third-order valence-corrected chi connectivity index (χ3v) is 14.9. The smallest absolute Gasteiger partial charge is 0.343 e. The molecule has 0 heterocycles. The summed E-state index contributed by atoms with van der Waals surface area (Å²) < 4.78 is 21.7. The SMILES string of the molecule is COc1ccc(C(C)(C)c2ccc(C(C)(C)c3ccc(OC(=O)c4ccc(C(C)=O)cc4)cc3)cc2)cc1.COc1ccc(C(C)(C)c2ccc(C(C)(C)c3ccc(OC(=O)c4cccc(C(C)=O)c4)cc3)cc2)cc1. The summed E-state index contributed by atoms with van der Waals surface area (Å²) in [5, 5.41) is 0. The first-order valence-corrected chi connectivity index (χ1v) is 25.4. The molecule has 0 aliphatic heterocycles. The summed E-state index contributed by atoms with van der Waals surface area (Å²) in [6, 6.07) is 62.3. The van der Waals surface area contributed by atoms with Crippen LogP contribution < -0.4 is 18.9 Å². The van der Waals surface area contributed by atoms with Crippen LogP contribution in [0.4, 0.5) is 0 Å². The Labute approximate surface area is 448 Å². The molecule has 0 aliphatic carbocycles. The Bertz CT molecular complexity index is 3290. The summed E-state index contributed by atoms with van der Waals surface area (Å²) in [6.45, 7) is 20.6. The van der Waals surface area contributed by atoms with Gasteiger partial charge in [-0.15, -0.1) is 0 Å². The molecule has 0 atom stereocenters. The summed E-state index contributed by atoms with van der Waals surface area (Å²) in [7, 11) is 3.36. The molecule has 8 aromatic rings. The van der Waals surface area contributed by atoms with Gasteiger partial charge in [-0.05, 0) is 131 Å². The molecule has 0 unspecified atom stereocenters. The number of carbonyl (C=O) groups excluding carboxylic acids is 4. The number of ketones is 2. The van der Waals surface area contributed by atoms with Crippen LogP contribution in [0.2, 0.25) is 0 Å². The average Bonchev–Trinajstić information content (AvgIpc) is 3.44. The van der Waals surface area contributed by atoms with Gasteiger partial charge in [0.05, 0.1) is 25.3 Å². The fourth-order valence-corrected chi connectivity index (χ4v) is 9.21. The quantitative estimate of drug-likeness (QED) is 0.0535. The van der Waals surface area contributed by atoms with E-state index in [1.54, 1.807) is 62.8 Å². The molecule has 0 aromatic heterocycles. The molecule has 0 saturated carbocycles. The van der Waals surface area contributed by atoms with E-state index < -0.39 is 11.9 Å². The summed E-state index contributed by atoms with van der Waals surface area (Å²) in [6.07, 6.45) is 0. The second kappa shape index (κ2) is 23.0. The average molecular weight is 1010 g/mol. The van der Waals surface area contributed by atoms with Gasteiger partial charge in [-0.25, -0.2) is 9.59 Å². The van der Waals surface area contributed by atoms with E-state index in [0.29, 0.717) is 33.8 Å². The molecule has 8 nitrogen and oxygen atoms in total. The van der Waals surface area contributed by atoms with Crippen LogP contribution in [0.1, 0.15) is 155 Å². The lowest BCUT2D eigenvalue weighted by atomic mass is 9.74. The first-order chi connectivity index (χ1) is 36.0. The van der Waals surface area contributed by atoms with Gasteiger partial charge < -0.3 is 18.9 Å². The van der Waals surface area contributed by atoms with Crippen molar-refractivity contribution in [3.05, 3.63) is 261 Å². The lowest BCUT2D eigenvalue weighted by molar-refractivity contribution is 0.0725. The molecule has 0 radical (unpaired) electrons. The standard InChI is InChI=1S/2C34H34O4/c1-23(35)24-7-9-25(10-8-24)32(36)38-31-21-17-29(18-22-31)34(4,5)27-13-11-26(12-14-27)33(2,3)28-15-19-30(37-6)20-16-28;1-23(35)24-8-7-9-25(22-24)32(36)38-31-20-16-29(17-21-31)34(4,5)27-12-10-26(11-13-27)33(2,3)28-14-18-30(37-6)19-15-28/h2*7-22H,1-6H3. The Hall–Kier alpha value is -8.36. The summed E-state index contributed by atoms with van der Waals surface area (Å²) in [5.41, 5.74) is 10.5. The summed E-state index contributed by atoms with van der Waals surface area (Å²) in [5.74, 6) is 1.55.